The van der Waals surface area contributed by atoms with E-state index < -0.39 is 5.60 Å². The molecular formula is C13H16N4O3. The fourth-order valence-electron chi connectivity index (χ4n) is 1.62. The molecule has 7 heteroatoms. The summed E-state index contributed by atoms with van der Waals surface area (Å²) in [7, 11) is 0. The third kappa shape index (κ3) is 3.57. The zero-order chi connectivity index (χ0) is 14.8. The third-order valence-electron chi connectivity index (χ3n) is 2.54. The summed E-state index contributed by atoms with van der Waals surface area (Å²) in [6, 6.07) is 3.38. The summed E-state index contributed by atoms with van der Waals surface area (Å²) in [5.41, 5.74) is -0.254. The number of hydrogen-bond acceptors (Lipinski definition) is 6. The van der Waals surface area contributed by atoms with Gasteiger partial charge in [-0.05, 0) is 20.8 Å². The molecule has 106 valence electrons. The first-order valence-electron chi connectivity index (χ1n) is 6.24. The predicted molar refractivity (Wildman–Crippen MR) is 69.0 cm³/mol. The fourth-order valence-corrected chi connectivity index (χ4v) is 1.62. The Morgan fingerprint density at radius 2 is 2.15 bits per heavy atom. The number of nitriles is 1. The van der Waals surface area contributed by atoms with E-state index in [1.54, 1.807) is 4.90 Å². The maximum Gasteiger partial charge on any atom is 0.410 e. The Morgan fingerprint density at radius 1 is 1.45 bits per heavy atom. The molecule has 1 amide bonds. The number of rotatable bonds is 2. The second kappa shape index (κ2) is 5.33. The Hall–Kier alpha value is -2.36. The van der Waals surface area contributed by atoms with E-state index in [0.29, 0.717) is 19.0 Å². The highest BCUT2D eigenvalue weighted by Crippen LogP contribution is 2.19. The van der Waals surface area contributed by atoms with Gasteiger partial charge in [-0.2, -0.15) is 5.26 Å². The van der Waals surface area contributed by atoms with E-state index >= 15 is 0 Å². The van der Waals surface area contributed by atoms with Gasteiger partial charge in [0, 0.05) is 6.07 Å². The highest BCUT2D eigenvalue weighted by Gasteiger charge is 2.35. The van der Waals surface area contributed by atoms with E-state index in [1.807, 2.05) is 26.8 Å². The van der Waals surface area contributed by atoms with Crippen molar-refractivity contribution in [1.29, 1.82) is 5.26 Å². The van der Waals surface area contributed by atoms with Crippen LogP contribution in [0.4, 0.5) is 4.79 Å². The molecule has 1 fully saturated rings. The molecule has 0 atom stereocenters. The lowest BCUT2D eigenvalue weighted by Gasteiger charge is -2.39. The standard InChI is InChI=1S/C13H16N4O3/c1-13(2,3)20-12(18)17-6-10(7-17)19-11-4-9(5-14)15-8-16-11/h4,8,10H,6-7H2,1-3H3. The van der Waals surface area contributed by atoms with Gasteiger partial charge < -0.3 is 14.4 Å². The second-order valence-electron chi connectivity index (χ2n) is 5.48. The quantitative estimate of drug-likeness (QED) is 0.810. The maximum atomic E-state index is 11.7. The van der Waals surface area contributed by atoms with Crippen LogP contribution in [0.15, 0.2) is 12.4 Å². The largest absolute Gasteiger partial charge is 0.470 e. The van der Waals surface area contributed by atoms with Crippen LogP contribution in [-0.4, -0.2) is 45.8 Å². The monoisotopic (exact) mass is 276 g/mol. The van der Waals surface area contributed by atoms with Gasteiger partial charge in [0.05, 0.1) is 13.1 Å². The zero-order valence-electron chi connectivity index (χ0n) is 11.7. The minimum Gasteiger partial charge on any atom is -0.470 e. The number of aromatic nitrogens is 2. The minimum absolute atomic E-state index is 0.135. The highest BCUT2D eigenvalue weighted by molar-refractivity contribution is 5.69. The maximum absolute atomic E-state index is 11.7. The number of amides is 1. The van der Waals surface area contributed by atoms with Crippen molar-refractivity contribution in [1.82, 2.24) is 14.9 Å². The normalized spacial score (nSPS) is 15.2. The van der Waals surface area contributed by atoms with Gasteiger partial charge in [-0.3, -0.25) is 0 Å². The van der Waals surface area contributed by atoms with Gasteiger partial charge in [-0.25, -0.2) is 14.8 Å². The van der Waals surface area contributed by atoms with Gasteiger partial charge in [-0.15, -0.1) is 0 Å². The fraction of sp³-hybridized carbons (Fsp3) is 0.538. The Bertz CT molecular complexity index is 541. The van der Waals surface area contributed by atoms with Crippen molar-refractivity contribution in [2.45, 2.75) is 32.5 Å². The number of carbonyl (C=O) groups is 1. The summed E-state index contributed by atoms with van der Waals surface area (Å²) >= 11 is 0. The van der Waals surface area contributed by atoms with Crippen molar-refractivity contribution in [2.75, 3.05) is 13.1 Å². The van der Waals surface area contributed by atoms with E-state index in [2.05, 4.69) is 9.97 Å². The minimum atomic E-state index is -0.503. The first-order chi connectivity index (χ1) is 9.37. The molecule has 0 saturated carbocycles. The molecular weight excluding hydrogens is 260 g/mol. The molecule has 1 aliphatic rings. The molecule has 2 rings (SSSR count). The lowest BCUT2D eigenvalue weighted by molar-refractivity contribution is -0.0232. The average Bonchev–Trinajstić information content (AvgIpc) is 2.31. The van der Waals surface area contributed by atoms with Gasteiger partial charge in [-0.1, -0.05) is 0 Å². The number of nitrogens with zero attached hydrogens (tertiary/aromatic N) is 4. The number of hydrogen-bond donors (Lipinski definition) is 0. The Morgan fingerprint density at radius 3 is 2.75 bits per heavy atom. The smallest absolute Gasteiger partial charge is 0.410 e. The van der Waals surface area contributed by atoms with Gasteiger partial charge in [0.15, 0.2) is 0 Å². The molecule has 1 saturated heterocycles. The van der Waals surface area contributed by atoms with E-state index in [4.69, 9.17) is 14.7 Å². The molecule has 7 nitrogen and oxygen atoms in total. The van der Waals surface area contributed by atoms with E-state index in [1.165, 1.54) is 12.4 Å². The molecule has 0 unspecified atom stereocenters. The van der Waals surface area contributed by atoms with Crippen LogP contribution in [0.2, 0.25) is 0 Å². The van der Waals surface area contributed by atoms with Crippen LogP contribution in [0.5, 0.6) is 5.88 Å². The first-order valence-corrected chi connectivity index (χ1v) is 6.24. The summed E-state index contributed by atoms with van der Waals surface area (Å²) in [5.74, 6) is 0.338. The van der Waals surface area contributed by atoms with Crippen molar-refractivity contribution < 1.29 is 14.3 Å². The van der Waals surface area contributed by atoms with Crippen LogP contribution < -0.4 is 4.74 Å². The first kappa shape index (κ1) is 14.1. The average molecular weight is 276 g/mol. The SMILES string of the molecule is CC(C)(C)OC(=O)N1CC(Oc2cc(C#N)ncn2)C1. The molecule has 1 aromatic rings. The molecule has 0 aliphatic carbocycles. The van der Waals surface area contributed by atoms with Crippen LogP contribution >= 0.6 is 0 Å². The van der Waals surface area contributed by atoms with E-state index in [9.17, 15) is 4.79 Å². The molecule has 0 bridgehead atoms. The summed E-state index contributed by atoms with van der Waals surface area (Å²) in [6.07, 6.45) is 0.791. The van der Waals surface area contributed by atoms with Crippen LogP contribution in [0, 0.1) is 11.3 Å². The summed E-state index contributed by atoms with van der Waals surface area (Å²) in [5, 5.41) is 8.73. The third-order valence-corrected chi connectivity index (χ3v) is 2.54. The molecule has 2 heterocycles. The molecule has 1 aliphatic heterocycles. The van der Waals surface area contributed by atoms with E-state index in [0.717, 1.165) is 0 Å². The predicted octanol–water partition coefficient (Wildman–Crippen LogP) is 1.35. The van der Waals surface area contributed by atoms with Crippen molar-refractivity contribution in [2.24, 2.45) is 0 Å². The molecule has 0 N–H and O–H groups in total. The lowest BCUT2D eigenvalue weighted by atomic mass is 10.2. The van der Waals surface area contributed by atoms with Crippen LogP contribution in [-0.2, 0) is 4.74 Å². The van der Waals surface area contributed by atoms with Crippen LogP contribution in [0.1, 0.15) is 26.5 Å². The van der Waals surface area contributed by atoms with Gasteiger partial charge in [0.1, 0.15) is 29.8 Å². The number of likely N-dealkylation sites (tertiary alicyclic amines) is 1. The Balaban J connectivity index is 1.82. The van der Waals surface area contributed by atoms with Crippen molar-refractivity contribution in [3.63, 3.8) is 0 Å². The van der Waals surface area contributed by atoms with Gasteiger partial charge in [0.2, 0.25) is 5.88 Å². The highest BCUT2D eigenvalue weighted by atomic mass is 16.6. The zero-order valence-corrected chi connectivity index (χ0v) is 11.7. The van der Waals surface area contributed by atoms with Gasteiger partial charge in [0.25, 0.3) is 0 Å². The van der Waals surface area contributed by atoms with Crippen LogP contribution in [0.25, 0.3) is 0 Å². The molecule has 1 aromatic heterocycles. The van der Waals surface area contributed by atoms with E-state index in [-0.39, 0.29) is 17.9 Å². The lowest BCUT2D eigenvalue weighted by Crippen LogP contribution is -2.57. The van der Waals surface area contributed by atoms with Crippen molar-refractivity contribution >= 4 is 6.09 Å². The van der Waals surface area contributed by atoms with Crippen molar-refractivity contribution in [3.05, 3.63) is 18.1 Å². The second-order valence-corrected chi connectivity index (χ2v) is 5.48. The number of ether oxygens (including phenoxy) is 2. The Kier molecular flexibility index (Phi) is 3.74. The molecule has 0 radical (unpaired) electrons. The summed E-state index contributed by atoms with van der Waals surface area (Å²) in [4.78, 5) is 21.0. The van der Waals surface area contributed by atoms with Gasteiger partial charge >= 0.3 is 6.09 Å². The number of carbonyl (C=O) groups excluding carboxylic acids is 1. The molecule has 0 spiro atoms. The summed E-state index contributed by atoms with van der Waals surface area (Å²) in [6.45, 7) is 6.36. The topological polar surface area (TPSA) is 88.3 Å². The van der Waals surface area contributed by atoms with Crippen molar-refractivity contribution in [3.8, 4) is 11.9 Å². The molecule has 20 heavy (non-hydrogen) atoms. The Labute approximate surface area is 117 Å². The summed E-state index contributed by atoms with van der Waals surface area (Å²) < 4.78 is 10.8. The molecule has 0 aromatic carbocycles. The van der Waals surface area contributed by atoms with Crippen LogP contribution in [0.3, 0.4) is 0 Å².